The monoisotopic (exact) mass is 599 g/mol. The first-order valence-electron chi connectivity index (χ1n) is 13.6. The average molecular weight is 600 g/mol. The van der Waals surface area contributed by atoms with Crippen LogP contribution in [0.2, 0.25) is 5.02 Å². The smallest absolute Gasteiger partial charge is 0.264 e. The predicted molar refractivity (Wildman–Crippen MR) is 163 cm³/mol. The second kappa shape index (κ2) is 14.4. The molecule has 0 heterocycles. The molecule has 0 fully saturated rings. The quantitative estimate of drug-likeness (QED) is 0.280. The van der Waals surface area contributed by atoms with Crippen molar-refractivity contribution >= 4 is 39.1 Å². The number of sulfonamides is 1. The van der Waals surface area contributed by atoms with E-state index in [0.717, 1.165) is 21.9 Å². The average Bonchev–Trinajstić information content (AvgIpc) is 2.96. The number of anilines is 1. The van der Waals surface area contributed by atoms with Crippen LogP contribution in [-0.2, 0) is 26.2 Å². The lowest BCUT2D eigenvalue weighted by Gasteiger charge is -2.33. The van der Waals surface area contributed by atoms with Crippen molar-refractivity contribution < 1.29 is 22.7 Å². The van der Waals surface area contributed by atoms with E-state index in [1.54, 1.807) is 56.5 Å². The summed E-state index contributed by atoms with van der Waals surface area (Å²) in [5, 5.41) is 3.26. The van der Waals surface area contributed by atoms with Crippen LogP contribution < -0.4 is 14.4 Å². The van der Waals surface area contributed by atoms with Gasteiger partial charge in [0.1, 0.15) is 18.3 Å². The fraction of sp³-hybridized carbons (Fsp3) is 0.355. The van der Waals surface area contributed by atoms with Crippen LogP contribution in [0.25, 0.3) is 0 Å². The Morgan fingerprint density at radius 1 is 0.976 bits per heavy atom. The maximum atomic E-state index is 14.1. The first kappa shape index (κ1) is 32.0. The number of carbonyl (C=O) groups is 2. The summed E-state index contributed by atoms with van der Waals surface area (Å²) in [5.74, 6) is -0.149. The molecule has 2 amide bonds. The highest BCUT2D eigenvalue weighted by atomic mass is 35.5. The number of benzene rings is 3. The second-order valence-corrected chi connectivity index (χ2v) is 12.1. The Kier molecular flexibility index (Phi) is 11.2. The minimum atomic E-state index is -4.18. The van der Waals surface area contributed by atoms with Gasteiger partial charge in [0.25, 0.3) is 10.0 Å². The fourth-order valence-electron chi connectivity index (χ4n) is 4.43. The number of ether oxygens (including phenoxy) is 1. The van der Waals surface area contributed by atoms with E-state index in [2.05, 4.69) is 5.32 Å². The first-order chi connectivity index (χ1) is 19.5. The Balaban J connectivity index is 2.08. The molecule has 10 heteroatoms. The molecule has 0 saturated carbocycles. The number of carbonyl (C=O) groups excluding carboxylic acids is 2. The Morgan fingerprint density at radius 3 is 2.22 bits per heavy atom. The van der Waals surface area contributed by atoms with Crippen LogP contribution in [-0.4, -0.2) is 51.4 Å². The lowest BCUT2D eigenvalue weighted by Crippen LogP contribution is -2.52. The van der Waals surface area contributed by atoms with Crippen molar-refractivity contribution in [1.29, 1.82) is 0 Å². The molecule has 41 heavy (non-hydrogen) atoms. The van der Waals surface area contributed by atoms with E-state index in [1.807, 2.05) is 32.9 Å². The summed E-state index contributed by atoms with van der Waals surface area (Å²) >= 11 is 6.39. The van der Waals surface area contributed by atoms with Crippen molar-refractivity contribution in [3.05, 3.63) is 88.4 Å². The van der Waals surface area contributed by atoms with Crippen molar-refractivity contribution in [1.82, 2.24) is 10.2 Å². The lowest BCUT2D eigenvalue weighted by molar-refractivity contribution is -0.140. The van der Waals surface area contributed by atoms with Crippen LogP contribution in [0.5, 0.6) is 5.75 Å². The number of nitrogens with zero attached hydrogens (tertiary/aromatic N) is 2. The van der Waals surface area contributed by atoms with Crippen LogP contribution in [0.1, 0.15) is 43.4 Å². The molecular formula is C31H38ClN3O5S. The van der Waals surface area contributed by atoms with Crippen molar-refractivity contribution in [2.24, 2.45) is 0 Å². The molecule has 0 aliphatic rings. The molecule has 0 aliphatic carbocycles. The van der Waals surface area contributed by atoms with Crippen LogP contribution in [0.4, 0.5) is 5.69 Å². The molecule has 0 saturated heterocycles. The third-order valence-corrected chi connectivity index (χ3v) is 9.03. The van der Waals surface area contributed by atoms with Gasteiger partial charge in [-0.3, -0.25) is 13.9 Å². The molecule has 3 aromatic rings. The second-order valence-electron chi connectivity index (χ2n) is 9.79. The maximum absolute atomic E-state index is 14.1. The minimum absolute atomic E-state index is 0.0460. The van der Waals surface area contributed by atoms with Crippen molar-refractivity contribution in [2.45, 2.75) is 58.0 Å². The highest BCUT2D eigenvalue weighted by Gasteiger charge is 2.34. The number of nitrogens with one attached hydrogen (secondary N) is 1. The van der Waals surface area contributed by atoms with Crippen LogP contribution >= 0.6 is 11.6 Å². The minimum Gasteiger partial charge on any atom is -0.497 e. The van der Waals surface area contributed by atoms with Crippen LogP contribution in [0.3, 0.4) is 0 Å². The van der Waals surface area contributed by atoms with E-state index in [9.17, 15) is 18.0 Å². The van der Waals surface area contributed by atoms with Gasteiger partial charge in [-0.2, -0.15) is 0 Å². The van der Waals surface area contributed by atoms with Gasteiger partial charge >= 0.3 is 0 Å². The van der Waals surface area contributed by atoms with Gasteiger partial charge in [0.2, 0.25) is 11.8 Å². The SMILES string of the molecule is CCCNC(=O)[C@@H](CC)N(Cc1ccc(OC)cc1)C(=O)CN(c1cccc(Cl)c1C)S(=O)(=O)c1ccc(C)cc1. The number of amides is 2. The Morgan fingerprint density at radius 2 is 1.63 bits per heavy atom. The summed E-state index contributed by atoms with van der Waals surface area (Å²) in [5.41, 5.74) is 2.49. The van der Waals surface area contributed by atoms with Crippen LogP contribution in [0, 0.1) is 13.8 Å². The zero-order chi connectivity index (χ0) is 30.2. The zero-order valence-electron chi connectivity index (χ0n) is 24.2. The maximum Gasteiger partial charge on any atom is 0.264 e. The highest BCUT2D eigenvalue weighted by Crippen LogP contribution is 2.31. The molecule has 0 bridgehead atoms. The molecule has 0 aromatic heterocycles. The summed E-state index contributed by atoms with van der Waals surface area (Å²) in [6.45, 7) is 7.40. The number of aryl methyl sites for hydroxylation is 1. The number of methoxy groups -OCH3 is 1. The third-order valence-electron chi connectivity index (χ3n) is 6.84. The molecule has 8 nitrogen and oxygen atoms in total. The van der Waals surface area contributed by atoms with E-state index in [-0.39, 0.29) is 17.3 Å². The van der Waals surface area contributed by atoms with Crippen LogP contribution in [0.15, 0.2) is 71.6 Å². The summed E-state index contributed by atoms with van der Waals surface area (Å²) in [4.78, 5) is 28.8. The summed E-state index contributed by atoms with van der Waals surface area (Å²) in [7, 11) is -2.61. The van der Waals surface area contributed by atoms with E-state index < -0.39 is 28.5 Å². The Hall–Kier alpha value is -3.56. The third kappa shape index (κ3) is 7.80. The fourth-order valence-corrected chi connectivity index (χ4v) is 6.07. The largest absolute Gasteiger partial charge is 0.497 e. The van der Waals surface area contributed by atoms with E-state index in [1.165, 1.54) is 17.0 Å². The van der Waals surface area contributed by atoms with Gasteiger partial charge in [-0.1, -0.05) is 61.3 Å². The molecule has 0 unspecified atom stereocenters. The van der Waals surface area contributed by atoms with E-state index in [0.29, 0.717) is 35.0 Å². The number of hydrogen-bond acceptors (Lipinski definition) is 5. The van der Waals surface area contributed by atoms with Gasteiger partial charge in [-0.05, 0) is 74.2 Å². The van der Waals surface area contributed by atoms with Gasteiger partial charge < -0.3 is 15.0 Å². The van der Waals surface area contributed by atoms with Gasteiger partial charge in [0.05, 0.1) is 17.7 Å². The van der Waals surface area contributed by atoms with Crippen molar-refractivity contribution in [3.8, 4) is 5.75 Å². The highest BCUT2D eigenvalue weighted by molar-refractivity contribution is 7.92. The molecule has 0 spiro atoms. The zero-order valence-corrected chi connectivity index (χ0v) is 25.8. The lowest BCUT2D eigenvalue weighted by atomic mass is 10.1. The molecule has 1 atom stereocenters. The van der Waals surface area contributed by atoms with Gasteiger partial charge in [-0.25, -0.2) is 8.42 Å². The molecule has 220 valence electrons. The standard InChI is InChI=1S/C31H38ClN3O5S/c1-6-19-33-31(37)28(7-2)34(20-24-13-15-25(40-5)16-14-24)30(36)21-35(29-10-8-9-27(32)23(29)4)41(38,39)26-17-11-22(3)12-18-26/h8-18,28H,6-7,19-21H2,1-5H3,(H,33,37)/t28-/m1/s1. The summed E-state index contributed by atoms with van der Waals surface area (Å²) < 4.78 is 34.4. The molecular weight excluding hydrogens is 562 g/mol. The topological polar surface area (TPSA) is 96.0 Å². The van der Waals surface area contributed by atoms with Gasteiger partial charge in [-0.15, -0.1) is 0 Å². The predicted octanol–water partition coefficient (Wildman–Crippen LogP) is 5.49. The van der Waals surface area contributed by atoms with Crippen molar-refractivity contribution in [3.63, 3.8) is 0 Å². The van der Waals surface area contributed by atoms with E-state index >= 15 is 0 Å². The Bertz CT molecular complexity index is 1440. The van der Waals surface area contributed by atoms with Crippen molar-refractivity contribution in [2.75, 3.05) is 24.5 Å². The van der Waals surface area contributed by atoms with Gasteiger partial charge in [0.15, 0.2) is 0 Å². The number of rotatable bonds is 13. The normalized spacial score (nSPS) is 12.0. The molecule has 3 rings (SSSR count). The first-order valence-corrected chi connectivity index (χ1v) is 15.4. The summed E-state index contributed by atoms with van der Waals surface area (Å²) in [6.07, 6.45) is 1.09. The molecule has 3 aromatic carbocycles. The number of hydrogen-bond donors (Lipinski definition) is 1. The molecule has 1 N–H and O–H groups in total. The number of halogens is 1. The van der Waals surface area contributed by atoms with Gasteiger partial charge in [0, 0.05) is 18.1 Å². The summed E-state index contributed by atoms with van der Waals surface area (Å²) in [6, 6.07) is 17.8. The Labute approximate surface area is 248 Å². The molecule has 0 aliphatic heterocycles. The molecule has 0 radical (unpaired) electrons. The van der Waals surface area contributed by atoms with E-state index in [4.69, 9.17) is 16.3 Å².